The molecule has 82 valence electrons. The van der Waals surface area contributed by atoms with E-state index in [-0.39, 0.29) is 23.1 Å². The Morgan fingerprint density at radius 3 is 2.36 bits per heavy atom. The maximum atomic E-state index is 9.93. The van der Waals surface area contributed by atoms with E-state index in [0.717, 1.165) is 12.8 Å². The van der Waals surface area contributed by atoms with Crippen LogP contribution in [0.5, 0.6) is 0 Å². The molecule has 0 bridgehead atoms. The molecule has 0 aliphatic heterocycles. The van der Waals surface area contributed by atoms with Gasteiger partial charge in [-0.2, -0.15) is 0 Å². The SMILES string of the molecule is C=CC(C)(C)C(C)NC(O)C1(C)CC1. The Labute approximate surface area is 87.4 Å². The highest BCUT2D eigenvalue weighted by atomic mass is 16.3. The summed E-state index contributed by atoms with van der Waals surface area (Å²) in [5.41, 5.74) is 0.137. The zero-order chi connectivity index (χ0) is 11.0. The second-order valence-corrected chi connectivity index (χ2v) is 5.47. The standard InChI is InChI=1S/C12H23NO/c1-6-11(3,4)9(2)13-10(14)12(5)7-8-12/h6,9-10,13-14H,1,7-8H2,2-5H3. The summed E-state index contributed by atoms with van der Waals surface area (Å²) < 4.78 is 0. The smallest absolute Gasteiger partial charge is 0.110 e. The minimum atomic E-state index is -0.378. The van der Waals surface area contributed by atoms with Gasteiger partial charge in [0.25, 0.3) is 0 Å². The van der Waals surface area contributed by atoms with Crippen molar-refractivity contribution in [3.8, 4) is 0 Å². The van der Waals surface area contributed by atoms with Gasteiger partial charge >= 0.3 is 0 Å². The molecule has 0 spiro atoms. The summed E-state index contributed by atoms with van der Waals surface area (Å²) in [4.78, 5) is 0. The Morgan fingerprint density at radius 2 is 2.00 bits per heavy atom. The molecule has 0 aromatic heterocycles. The second kappa shape index (κ2) is 3.67. The van der Waals surface area contributed by atoms with Gasteiger partial charge in [-0.25, -0.2) is 0 Å². The van der Waals surface area contributed by atoms with Crippen LogP contribution in [0.25, 0.3) is 0 Å². The number of hydrogen-bond donors (Lipinski definition) is 2. The van der Waals surface area contributed by atoms with Gasteiger partial charge in [-0.1, -0.05) is 26.8 Å². The van der Waals surface area contributed by atoms with E-state index in [9.17, 15) is 5.11 Å². The highest BCUT2D eigenvalue weighted by molar-refractivity contribution is 4.99. The summed E-state index contributed by atoms with van der Waals surface area (Å²) in [7, 11) is 0. The molecule has 0 heterocycles. The Bertz CT molecular complexity index is 218. The predicted octanol–water partition coefficient (Wildman–Crippen LogP) is 2.30. The van der Waals surface area contributed by atoms with Crippen molar-refractivity contribution in [2.45, 2.75) is 52.8 Å². The average molecular weight is 197 g/mol. The molecule has 2 nitrogen and oxygen atoms in total. The molecule has 0 radical (unpaired) electrons. The average Bonchev–Trinajstić information content (AvgIpc) is 2.85. The molecule has 0 aromatic rings. The van der Waals surface area contributed by atoms with Crippen LogP contribution in [0.1, 0.15) is 40.5 Å². The second-order valence-electron chi connectivity index (χ2n) is 5.47. The molecule has 1 fully saturated rings. The Kier molecular flexibility index (Phi) is 3.07. The predicted molar refractivity (Wildman–Crippen MR) is 59.9 cm³/mol. The summed E-state index contributed by atoms with van der Waals surface area (Å²) in [6.07, 6.45) is 3.81. The van der Waals surface area contributed by atoms with Gasteiger partial charge in [0.1, 0.15) is 6.23 Å². The van der Waals surface area contributed by atoms with Gasteiger partial charge < -0.3 is 5.11 Å². The molecule has 1 aliphatic carbocycles. The molecule has 2 heteroatoms. The summed E-state index contributed by atoms with van der Waals surface area (Å²) in [6.45, 7) is 12.3. The largest absolute Gasteiger partial charge is 0.378 e. The third-order valence-corrected chi connectivity index (χ3v) is 3.75. The zero-order valence-electron chi connectivity index (χ0n) is 9.80. The quantitative estimate of drug-likeness (QED) is 0.523. The van der Waals surface area contributed by atoms with Gasteiger partial charge in [0.2, 0.25) is 0 Å². The van der Waals surface area contributed by atoms with Crippen molar-refractivity contribution >= 4 is 0 Å². The van der Waals surface area contributed by atoms with Crippen LogP contribution in [0, 0.1) is 10.8 Å². The van der Waals surface area contributed by atoms with Gasteiger partial charge in [-0.3, -0.25) is 5.32 Å². The van der Waals surface area contributed by atoms with Crippen molar-refractivity contribution in [2.75, 3.05) is 0 Å². The van der Waals surface area contributed by atoms with Crippen molar-refractivity contribution < 1.29 is 5.11 Å². The summed E-state index contributed by atoms with van der Waals surface area (Å²) in [5, 5.41) is 13.2. The Morgan fingerprint density at radius 1 is 1.50 bits per heavy atom. The van der Waals surface area contributed by atoms with Crippen LogP contribution in [0.4, 0.5) is 0 Å². The number of nitrogens with one attached hydrogen (secondary N) is 1. The lowest BCUT2D eigenvalue weighted by Crippen LogP contribution is -2.47. The maximum Gasteiger partial charge on any atom is 0.110 e. The first-order valence-electron chi connectivity index (χ1n) is 5.39. The van der Waals surface area contributed by atoms with E-state index >= 15 is 0 Å². The van der Waals surface area contributed by atoms with Crippen LogP contribution in [0.15, 0.2) is 12.7 Å². The normalized spacial score (nSPS) is 24.1. The van der Waals surface area contributed by atoms with Crippen molar-refractivity contribution in [2.24, 2.45) is 10.8 Å². The van der Waals surface area contributed by atoms with Gasteiger partial charge in [-0.15, -0.1) is 6.58 Å². The minimum absolute atomic E-state index is 0.0201. The summed E-state index contributed by atoms with van der Waals surface area (Å²) >= 11 is 0. The third kappa shape index (κ3) is 2.37. The molecular weight excluding hydrogens is 174 g/mol. The fraction of sp³-hybridized carbons (Fsp3) is 0.833. The summed E-state index contributed by atoms with van der Waals surface area (Å²) in [6, 6.07) is 0.243. The molecule has 1 saturated carbocycles. The highest BCUT2D eigenvalue weighted by Crippen LogP contribution is 2.47. The maximum absolute atomic E-state index is 9.93. The molecule has 2 unspecified atom stereocenters. The monoisotopic (exact) mass is 197 g/mol. The number of rotatable bonds is 5. The van der Waals surface area contributed by atoms with Gasteiger partial charge in [0.15, 0.2) is 0 Å². The van der Waals surface area contributed by atoms with E-state index in [1.165, 1.54) is 0 Å². The Hall–Kier alpha value is -0.340. The van der Waals surface area contributed by atoms with Gasteiger partial charge in [0, 0.05) is 11.5 Å². The lowest BCUT2D eigenvalue weighted by molar-refractivity contribution is 0.0468. The zero-order valence-corrected chi connectivity index (χ0v) is 9.80. The van der Waals surface area contributed by atoms with Crippen LogP contribution in [0.3, 0.4) is 0 Å². The lowest BCUT2D eigenvalue weighted by atomic mass is 9.85. The van der Waals surface area contributed by atoms with Crippen molar-refractivity contribution in [3.05, 3.63) is 12.7 Å². The van der Waals surface area contributed by atoms with Crippen molar-refractivity contribution in [3.63, 3.8) is 0 Å². The molecule has 2 atom stereocenters. The molecule has 1 rings (SSSR count). The lowest BCUT2D eigenvalue weighted by Gasteiger charge is -2.33. The first-order chi connectivity index (χ1) is 6.32. The topological polar surface area (TPSA) is 32.3 Å². The number of aliphatic hydroxyl groups excluding tert-OH is 1. The van der Waals surface area contributed by atoms with Gasteiger partial charge in [0.05, 0.1) is 0 Å². The third-order valence-electron chi connectivity index (χ3n) is 3.75. The number of hydrogen-bond acceptors (Lipinski definition) is 2. The molecule has 0 amide bonds. The van der Waals surface area contributed by atoms with Crippen LogP contribution in [0.2, 0.25) is 0 Å². The first-order valence-corrected chi connectivity index (χ1v) is 5.39. The fourth-order valence-electron chi connectivity index (χ4n) is 1.30. The van der Waals surface area contributed by atoms with E-state index in [2.05, 4.69) is 39.6 Å². The molecule has 14 heavy (non-hydrogen) atoms. The van der Waals surface area contributed by atoms with Crippen LogP contribution >= 0.6 is 0 Å². The van der Waals surface area contributed by atoms with E-state index < -0.39 is 0 Å². The van der Waals surface area contributed by atoms with E-state index in [1.54, 1.807) is 0 Å². The first kappa shape index (κ1) is 11.7. The number of aliphatic hydroxyl groups is 1. The summed E-state index contributed by atoms with van der Waals surface area (Å²) in [5.74, 6) is 0. The van der Waals surface area contributed by atoms with Crippen LogP contribution in [-0.2, 0) is 0 Å². The van der Waals surface area contributed by atoms with Crippen LogP contribution in [-0.4, -0.2) is 17.4 Å². The molecule has 0 saturated heterocycles. The minimum Gasteiger partial charge on any atom is -0.378 e. The molecule has 2 N–H and O–H groups in total. The van der Waals surface area contributed by atoms with E-state index in [1.807, 2.05) is 6.08 Å². The highest BCUT2D eigenvalue weighted by Gasteiger charge is 2.45. The van der Waals surface area contributed by atoms with E-state index in [0.29, 0.717) is 0 Å². The fourth-order valence-corrected chi connectivity index (χ4v) is 1.30. The van der Waals surface area contributed by atoms with E-state index in [4.69, 9.17) is 0 Å². The molecule has 1 aliphatic rings. The van der Waals surface area contributed by atoms with Crippen molar-refractivity contribution in [1.29, 1.82) is 0 Å². The van der Waals surface area contributed by atoms with Gasteiger partial charge in [-0.05, 0) is 25.2 Å². The molecular formula is C12H23NO. The van der Waals surface area contributed by atoms with Crippen molar-refractivity contribution in [1.82, 2.24) is 5.32 Å². The van der Waals surface area contributed by atoms with Crippen LogP contribution < -0.4 is 5.32 Å². The Balaban J connectivity index is 2.47. The molecule has 0 aromatic carbocycles.